The van der Waals surface area contributed by atoms with Gasteiger partial charge in [-0.05, 0) is 43.3 Å². The van der Waals surface area contributed by atoms with Gasteiger partial charge in [0.2, 0.25) is 0 Å². The van der Waals surface area contributed by atoms with Crippen LogP contribution in [0.2, 0.25) is 10.0 Å². The Bertz CT molecular complexity index is 1340. The molecule has 34 heavy (non-hydrogen) atoms. The van der Waals surface area contributed by atoms with Gasteiger partial charge in [0.1, 0.15) is 11.4 Å². The number of halogens is 2. The molecular formula is C25H21Cl2N5O2. The number of nitrogens with one attached hydrogen (secondary N) is 1. The van der Waals surface area contributed by atoms with E-state index >= 15 is 0 Å². The minimum Gasteiger partial charge on any atom is -0.462 e. The third-order valence-corrected chi connectivity index (χ3v) is 6.22. The van der Waals surface area contributed by atoms with Crippen LogP contribution in [0.25, 0.3) is 22.6 Å². The Morgan fingerprint density at radius 3 is 2.41 bits per heavy atom. The van der Waals surface area contributed by atoms with Crippen LogP contribution in [0.1, 0.15) is 28.5 Å². The summed E-state index contributed by atoms with van der Waals surface area (Å²) in [6.07, 6.45) is 2.27. The summed E-state index contributed by atoms with van der Waals surface area (Å²) in [7, 11) is 0. The number of anilines is 1. The van der Waals surface area contributed by atoms with Gasteiger partial charge in [0.15, 0.2) is 5.82 Å². The molecule has 0 spiro atoms. The lowest BCUT2D eigenvalue weighted by molar-refractivity contribution is 0.0526. The number of hydrogen-bond acceptors (Lipinski definition) is 6. The fraction of sp³-hybridized carbons (Fsp3) is 0.200. The number of H-pyrrole nitrogens is 1. The first-order valence-electron chi connectivity index (χ1n) is 10.9. The van der Waals surface area contributed by atoms with E-state index in [1.165, 1.54) is 6.20 Å². The number of aromatic nitrogens is 4. The number of carbonyl (C=O) groups is 1. The van der Waals surface area contributed by atoms with E-state index in [0.29, 0.717) is 40.3 Å². The van der Waals surface area contributed by atoms with Gasteiger partial charge in [0.25, 0.3) is 0 Å². The Morgan fingerprint density at radius 2 is 1.74 bits per heavy atom. The van der Waals surface area contributed by atoms with Gasteiger partial charge in [-0.3, -0.25) is 5.10 Å². The van der Waals surface area contributed by atoms with Crippen LogP contribution in [0.3, 0.4) is 0 Å². The summed E-state index contributed by atoms with van der Waals surface area (Å²) in [6, 6.07) is 14.9. The van der Waals surface area contributed by atoms with Crippen LogP contribution in [-0.4, -0.2) is 39.3 Å². The van der Waals surface area contributed by atoms with Crippen molar-refractivity contribution in [1.29, 1.82) is 0 Å². The van der Waals surface area contributed by atoms with E-state index in [1.807, 2.05) is 36.4 Å². The molecule has 0 amide bonds. The third kappa shape index (κ3) is 4.36. The number of nitrogens with zero attached hydrogens (tertiary/aromatic N) is 4. The monoisotopic (exact) mass is 493 g/mol. The average molecular weight is 494 g/mol. The normalized spacial score (nSPS) is 13.0. The van der Waals surface area contributed by atoms with Crippen LogP contribution in [0.15, 0.2) is 54.7 Å². The lowest BCUT2D eigenvalue weighted by Gasteiger charge is -2.29. The van der Waals surface area contributed by atoms with Gasteiger partial charge < -0.3 is 9.64 Å². The van der Waals surface area contributed by atoms with E-state index in [0.717, 1.165) is 34.5 Å². The Labute approximate surface area is 206 Å². The zero-order valence-electron chi connectivity index (χ0n) is 18.4. The molecule has 0 aliphatic carbocycles. The third-order valence-electron chi connectivity index (χ3n) is 5.72. The maximum atomic E-state index is 12.7. The summed E-state index contributed by atoms with van der Waals surface area (Å²) < 4.78 is 5.29. The molecule has 0 radical (unpaired) electrons. The van der Waals surface area contributed by atoms with E-state index in [-0.39, 0.29) is 6.61 Å². The van der Waals surface area contributed by atoms with Crippen LogP contribution in [0.4, 0.5) is 5.82 Å². The average Bonchev–Trinajstić information content (AvgIpc) is 3.28. The summed E-state index contributed by atoms with van der Waals surface area (Å²) in [5, 5.41) is 9.02. The van der Waals surface area contributed by atoms with Crippen LogP contribution in [-0.2, 0) is 17.7 Å². The molecular weight excluding hydrogens is 473 g/mol. The van der Waals surface area contributed by atoms with Gasteiger partial charge >= 0.3 is 5.97 Å². The Morgan fingerprint density at radius 1 is 1.06 bits per heavy atom. The summed E-state index contributed by atoms with van der Waals surface area (Å²) >= 11 is 12.1. The number of aromatic amines is 1. The lowest BCUT2D eigenvalue weighted by atomic mass is 10.0. The smallest absolute Gasteiger partial charge is 0.343 e. The molecule has 0 bridgehead atoms. The molecule has 0 saturated carbocycles. The standard InChI is InChI=1S/C25H21Cl2N5O2/c1-2-34-25(33)19-13-28-23(16-5-9-18(27)10-6-16)29-24(19)32-12-11-21-20(14-32)22(31-30-21)15-3-7-17(26)8-4-15/h3-10,13H,2,11-12,14H2,1H3,(H,30,31). The van der Waals surface area contributed by atoms with Gasteiger partial charge in [-0.2, -0.15) is 5.10 Å². The molecule has 1 aliphatic rings. The predicted molar refractivity (Wildman–Crippen MR) is 132 cm³/mol. The van der Waals surface area contributed by atoms with Crippen molar-refractivity contribution in [1.82, 2.24) is 20.2 Å². The molecule has 0 atom stereocenters. The van der Waals surface area contributed by atoms with Crippen molar-refractivity contribution < 1.29 is 9.53 Å². The van der Waals surface area contributed by atoms with E-state index in [2.05, 4.69) is 20.1 Å². The molecule has 1 aliphatic heterocycles. The first-order chi connectivity index (χ1) is 16.5. The largest absolute Gasteiger partial charge is 0.462 e. The van der Waals surface area contributed by atoms with E-state index in [9.17, 15) is 4.79 Å². The summed E-state index contributed by atoms with van der Waals surface area (Å²) in [4.78, 5) is 24.0. The van der Waals surface area contributed by atoms with E-state index in [1.54, 1.807) is 19.1 Å². The van der Waals surface area contributed by atoms with Gasteiger partial charge in [0.05, 0.1) is 12.3 Å². The maximum Gasteiger partial charge on any atom is 0.343 e. The van der Waals surface area contributed by atoms with Gasteiger partial charge in [-0.15, -0.1) is 0 Å². The fourth-order valence-electron chi connectivity index (χ4n) is 4.03. The number of ether oxygens (including phenoxy) is 1. The van der Waals surface area contributed by atoms with Gasteiger partial charge in [-0.1, -0.05) is 35.3 Å². The molecule has 0 fully saturated rings. The topological polar surface area (TPSA) is 84.0 Å². The highest BCUT2D eigenvalue weighted by atomic mass is 35.5. The highest BCUT2D eigenvalue weighted by Crippen LogP contribution is 2.33. The second-order valence-electron chi connectivity index (χ2n) is 7.87. The molecule has 4 aromatic rings. The van der Waals surface area contributed by atoms with Crippen LogP contribution in [0, 0.1) is 0 Å². The Balaban J connectivity index is 1.54. The summed E-state index contributed by atoms with van der Waals surface area (Å²) in [6.45, 7) is 3.24. The molecule has 0 saturated heterocycles. The van der Waals surface area contributed by atoms with Crippen molar-refractivity contribution in [3.8, 4) is 22.6 Å². The van der Waals surface area contributed by atoms with Crippen molar-refractivity contribution in [3.63, 3.8) is 0 Å². The summed E-state index contributed by atoms with van der Waals surface area (Å²) in [5.74, 6) is 0.596. The predicted octanol–water partition coefficient (Wildman–Crippen LogP) is 5.58. The second-order valence-corrected chi connectivity index (χ2v) is 8.74. The quantitative estimate of drug-likeness (QED) is 0.365. The molecule has 5 rings (SSSR count). The fourth-order valence-corrected chi connectivity index (χ4v) is 4.28. The highest BCUT2D eigenvalue weighted by Gasteiger charge is 2.28. The van der Waals surface area contributed by atoms with Gasteiger partial charge in [-0.25, -0.2) is 14.8 Å². The molecule has 3 heterocycles. The molecule has 0 unspecified atom stereocenters. The maximum absolute atomic E-state index is 12.7. The van der Waals surface area contributed by atoms with Crippen LogP contribution in [0.5, 0.6) is 0 Å². The number of carbonyl (C=O) groups excluding carboxylic acids is 1. The number of fused-ring (bicyclic) bond motifs is 1. The molecule has 7 nitrogen and oxygen atoms in total. The number of esters is 1. The van der Waals surface area contributed by atoms with Crippen molar-refractivity contribution in [2.75, 3.05) is 18.1 Å². The first kappa shape index (κ1) is 22.4. The van der Waals surface area contributed by atoms with Crippen LogP contribution >= 0.6 is 23.2 Å². The molecule has 9 heteroatoms. The minimum absolute atomic E-state index is 0.268. The van der Waals surface area contributed by atoms with Gasteiger partial charge in [0, 0.05) is 58.1 Å². The Kier molecular flexibility index (Phi) is 6.22. The number of hydrogen-bond donors (Lipinski definition) is 1. The zero-order chi connectivity index (χ0) is 23.7. The van der Waals surface area contributed by atoms with E-state index in [4.69, 9.17) is 32.9 Å². The number of rotatable bonds is 5. The Hall–Kier alpha value is -3.42. The highest BCUT2D eigenvalue weighted by molar-refractivity contribution is 6.30. The van der Waals surface area contributed by atoms with Crippen molar-refractivity contribution >= 4 is 35.0 Å². The first-order valence-corrected chi connectivity index (χ1v) is 11.7. The van der Waals surface area contributed by atoms with Crippen LogP contribution < -0.4 is 4.90 Å². The minimum atomic E-state index is -0.448. The molecule has 172 valence electrons. The lowest BCUT2D eigenvalue weighted by Crippen LogP contribution is -2.32. The molecule has 2 aromatic heterocycles. The molecule has 2 aromatic carbocycles. The summed E-state index contributed by atoms with van der Waals surface area (Å²) in [5.41, 5.74) is 5.12. The SMILES string of the molecule is CCOC(=O)c1cnc(-c2ccc(Cl)cc2)nc1N1CCc2[nH]nc(-c3ccc(Cl)cc3)c2C1. The van der Waals surface area contributed by atoms with Crippen molar-refractivity contribution in [2.24, 2.45) is 0 Å². The zero-order valence-corrected chi connectivity index (χ0v) is 19.9. The van der Waals surface area contributed by atoms with Crippen molar-refractivity contribution in [2.45, 2.75) is 19.9 Å². The van der Waals surface area contributed by atoms with E-state index < -0.39 is 5.97 Å². The van der Waals surface area contributed by atoms with Crippen molar-refractivity contribution in [3.05, 3.63) is 81.6 Å². The number of benzene rings is 2. The molecule has 1 N–H and O–H groups in total. The second kappa shape index (κ2) is 9.44.